The van der Waals surface area contributed by atoms with Gasteiger partial charge in [-0.15, -0.1) is 10.2 Å². The van der Waals surface area contributed by atoms with E-state index >= 15 is 0 Å². The van der Waals surface area contributed by atoms with Crippen LogP contribution in [0, 0.1) is 0 Å². The molecule has 104 valence electrons. The molecule has 0 saturated carbocycles. The van der Waals surface area contributed by atoms with Gasteiger partial charge in [0.15, 0.2) is 5.69 Å². The number of anilines is 2. The van der Waals surface area contributed by atoms with Crippen LogP contribution in [0.4, 0.5) is 11.6 Å². The monoisotopic (exact) mass is 280 g/mol. The minimum atomic E-state index is -0.334. The van der Waals surface area contributed by atoms with Crippen molar-refractivity contribution >= 4 is 11.6 Å². The quantitative estimate of drug-likeness (QED) is 0.684. The summed E-state index contributed by atoms with van der Waals surface area (Å²) in [6, 6.07) is 15.6. The lowest BCUT2D eigenvalue weighted by Gasteiger charge is -2.05. The molecule has 0 fully saturated rings. The highest BCUT2D eigenvalue weighted by Gasteiger charge is 2.07. The Balaban J connectivity index is 1.90. The van der Waals surface area contributed by atoms with Crippen LogP contribution in [0.2, 0.25) is 0 Å². The Morgan fingerprint density at radius 2 is 1.81 bits per heavy atom. The summed E-state index contributed by atoms with van der Waals surface area (Å²) in [5, 5.41) is 20.2. The highest BCUT2D eigenvalue weighted by atomic mass is 16.3. The maximum atomic E-state index is 12.1. The van der Waals surface area contributed by atoms with Crippen molar-refractivity contribution in [3.05, 3.63) is 65.0 Å². The molecule has 3 N–H and O–H groups in total. The van der Waals surface area contributed by atoms with E-state index in [1.807, 2.05) is 18.2 Å². The Hall–Kier alpha value is -3.15. The third kappa shape index (κ3) is 2.89. The zero-order valence-corrected chi connectivity index (χ0v) is 10.9. The van der Waals surface area contributed by atoms with Crippen molar-refractivity contribution in [1.29, 1.82) is 0 Å². The smallest absolute Gasteiger partial charge is 0.279 e. The van der Waals surface area contributed by atoms with Crippen molar-refractivity contribution in [2.24, 2.45) is 0 Å². The average Bonchev–Trinajstić information content (AvgIpc) is 2.48. The van der Waals surface area contributed by atoms with E-state index in [4.69, 9.17) is 0 Å². The van der Waals surface area contributed by atoms with Crippen molar-refractivity contribution in [1.82, 2.24) is 15.2 Å². The molecule has 0 bridgehead atoms. The average molecular weight is 280 g/mol. The second-order valence-corrected chi connectivity index (χ2v) is 4.39. The molecular formula is C15H12N4O2. The molecule has 0 atom stereocenters. The Morgan fingerprint density at radius 3 is 2.52 bits per heavy atom. The maximum Gasteiger partial charge on any atom is 0.279 e. The molecule has 0 saturated heterocycles. The van der Waals surface area contributed by atoms with E-state index in [0.717, 1.165) is 0 Å². The van der Waals surface area contributed by atoms with Gasteiger partial charge in [-0.05, 0) is 12.1 Å². The minimum Gasteiger partial charge on any atom is -0.508 e. The van der Waals surface area contributed by atoms with Gasteiger partial charge in [-0.25, -0.2) is 0 Å². The van der Waals surface area contributed by atoms with Crippen LogP contribution in [-0.2, 0) is 0 Å². The summed E-state index contributed by atoms with van der Waals surface area (Å²) in [5.41, 5.74) is 1.23. The first kappa shape index (κ1) is 12.9. The number of nitrogens with zero attached hydrogens (tertiary/aromatic N) is 2. The van der Waals surface area contributed by atoms with Gasteiger partial charge >= 0.3 is 0 Å². The summed E-state index contributed by atoms with van der Waals surface area (Å²) >= 11 is 0. The van der Waals surface area contributed by atoms with Gasteiger partial charge in [0.05, 0.1) is 0 Å². The molecule has 0 amide bonds. The van der Waals surface area contributed by atoms with Crippen LogP contribution in [0.3, 0.4) is 0 Å². The number of phenolic OH excluding ortho intramolecular Hbond substituents is 1. The fraction of sp³-hybridized carbons (Fsp3) is 0. The number of aromatic nitrogens is 3. The molecule has 0 spiro atoms. The molecule has 0 radical (unpaired) electrons. The molecule has 2 aromatic carbocycles. The van der Waals surface area contributed by atoms with Gasteiger partial charge in [0, 0.05) is 17.3 Å². The lowest BCUT2D eigenvalue weighted by molar-refractivity contribution is 0.475. The van der Waals surface area contributed by atoms with Gasteiger partial charge in [-0.1, -0.05) is 36.4 Å². The normalized spacial score (nSPS) is 10.3. The largest absolute Gasteiger partial charge is 0.508 e. The second kappa shape index (κ2) is 5.46. The number of aromatic amines is 1. The van der Waals surface area contributed by atoms with Crippen LogP contribution in [0.5, 0.6) is 5.75 Å². The maximum absolute atomic E-state index is 12.1. The van der Waals surface area contributed by atoms with Crippen molar-refractivity contribution in [2.75, 3.05) is 5.32 Å². The predicted octanol–water partition coefficient (Wildman–Crippen LogP) is 2.28. The summed E-state index contributed by atoms with van der Waals surface area (Å²) in [7, 11) is 0. The van der Waals surface area contributed by atoms with E-state index in [1.165, 1.54) is 6.07 Å². The third-order valence-electron chi connectivity index (χ3n) is 2.85. The van der Waals surface area contributed by atoms with E-state index in [-0.39, 0.29) is 23.0 Å². The van der Waals surface area contributed by atoms with Crippen molar-refractivity contribution in [2.45, 2.75) is 0 Å². The molecule has 21 heavy (non-hydrogen) atoms. The number of phenols is 1. The van der Waals surface area contributed by atoms with Crippen LogP contribution in [0.25, 0.3) is 11.3 Å². The van der Waals surface area contributed by atoms with E-state index < -0.39 is 0 Å². The number of hydrogen-bond acceptors (Lipinski definition) is 5. The molecule has 0 aliphatic heterocycles. The number of rotatable bonds is 3. The molecule has 0 aliphatic carbocycles. The summed E-state index contributed by atoms with van der Waals surface area (Å²) < 4.78 is 0. The Kier molecular flexibility index (Phi) is 3.34. The first-order valence-electron chi connectivity index (χ1n) is 6.31. The van der Waals surface area contributed by atoms with Crippen LogP contribution in [-0.4, -0.2) is 20.3 Å². The van der Waals surface area contributed by atoms with Crippen LogP contribution >= 0.6 is 0 Å². The molecule has 3 rings (SSSR count). The van der Waals surface area contributed by atoms with Crippen molar-refractivity contribution < 1.29 is 5.11 Å². The van der Waals surface area contributed by atoms with Crippen LogP contribution < -0.4 is 10.9 Å². The van der Waals surface area contributed by atoms with Gasteiger partial charge in [0.25, 0.3) is 5.56 Å². The molecule has 6 heteroatoms. The molecule has 1 aromatic heterocycles. The third-order valence-corrected chi connectivity index (χ3v) is 2.85. The van der Waals surface area contributed by atoms with E-state index in [0.29, 0.717) is 11.3 Å². The molecule has 1 heterocycles. The lowest BCUT2D eigenvalue weighted by atomic mass is 10.2. The first-order chi connectivity index (χ1) is 10.2. The number of aromatic hydroxyl groups is 1. The van der Waals surface area contributed by atoms with Crippen LogP contribution in [0.15, 0.2) is 59.4 Å². The summed E-state index contributed by atoms with van der Waals surface area (Å²) in [6.45, 7) is 0. The standard InChI is InChI=1S/C15H12N4O2/c20-12-8-4-7-11(9-12)16-15-17-14(21)13(18-19-15)10-5-2-1-3-6-10/h1-9,20H,(H2,16,17,19,21). The predicted molar refractivity (Wildman–Crippen MR) is 79.5 cm³/mol. The number of nitrogens with one attached hydrogen (secondary N) is 2. The number of benzene rings is 2. The molecule has 0 aliphatic rings. The minimum absolute atomic E-state index is 0.121. The molecular weight excluding hydrogens is 268 g/mol. The molecule has 3 aromatic rings. The Labute approximate surface area is 120 Å². The fourth-order valence-electron chi connectivity index (χ4n) is 1.90. The van der Waals surface area contributed by atoms with Crippen LogP contribution in [0.1, 0.15) is 0 Å². The van der Waals surface area contributed by atoms with E-state index in [9.17, 15) is 9.90 Å². The molecule has 6 nitrogen and oxygen atoms in total. The SMILES string of the molecule is O=c1[nH]c(Nc2cccc(O)c2)nnc1-c1ccccc1. The second-order valence-electron chi connectivity index (χ2n) is 4.39. The zero-order chi connectivity index (χ0) is 14.7. The number of H-pyrrole nitrogens is 1. The van der Waals surface area contributed by atoms with Gasteiger partial charge in [0.1, 0.15) is 5.75 Å². The van der Waals surface area contributed by atoms with Gasteiger partial charge in [0.2, 0.25) is 5.95 Å². The van der Waals surface area contributed by atoms with E-state index in [2.05, 4.69) is 20.5 Å². The molecule has 0 unspecified atom stereocenters. The summed E-state index contributed by atoms with van der Waals surface area (Å²) in [4.78, 5) is 14.7. The fourth-order valence-corrected chi connectivity index (χ4v) is 1.90. The van der Waals surface area contributed by atoms with Gasteiger partial charge < -0.3 is 10.4 Å². The zero-order valence-electron chi connectivity index (χ0n) is 10.9. The Morgan fingerprint density at radius 1 is 1.00 bits per heavy atom. The summed E-state index contributed by atoms with van der Waals surface area (Å²) in [5.74, 6) is 0.335. The topological polar surface area (TPSA) is 90.9 Å². The Bertz CT molecular complexity index is 815. The van der Waals surface area contributed by atoms with Crippen molar-refractivity contribution in [3.63, 3.8) is 0 Å². The highest BCUT2D eigenvalue weighted by Crippen LogP contribution is 2.18. The first-order valence-corrected chi connectivity index (χ1v) is 6.31. The van der Waals surface area contributed by atoms with Crippen molar-refractivity contribution in [3.8, 4) is 17.0 Å². The number of hydrogen-bond donors (Lipinski definition) is 3. The summed E-state index contributed by atoms with van der Waals surface area (Å²) in [6.07, 6.45) is 0. The van der Waals surface area contributed by atoms with E-state index in [1.54, 1.807) is 30.3 Å². The van der Waals surface area contributed by atoms with Gasteiger partial charge in [-0.2, -0.15) is 0 Å². The van der Waals surface area contributed by atoms with Gasteiger partial charge in [-0.3, -0.25) is 9.78 Å². The highest BCUT2D eigenvalue weighted by molar-refractivity contribution is 5.59. The lowest BCUT2D eigenvalue weighted by Crippen LogP contribution is -2.15.